The molecule has 0 atom stereocenters. The Hall–Kier alpha value is -2.07. The molecule has 0 aliphatic carbocycles. The molecule has 0 radical (unpaired) electrons. The van der Waals surface area contributed by atoms with Gasteiger partial charge in [-0.05, 0) is 43.7 Å². The highest BCUT2D eigenvalue weighted by Gasteiger charge is 2.15. The van der Waals surface area contributed by atoms with Crippen molar-refractivity contribution in [2.45, 2.75) is 13.8 Å². The molecule has 98 valence electrons. The Labute approximate surface area is 115 Å². The number of carbonyl (C=O) groups is 1. The third-order valence-electron chi connectivity index (χ3n) is 2.90. The Bertz CT molecular complexity index is 720. The number of amides is 1. The van der Waals surface area contributed by atoms with E-state index in [1.165, 1.54) is 4.57 Å². The van der Waals surface area contributed by atoms with Crippen LogP contribution in [0.4, 0.5) is 0 Å². The van der Waals surface area contributed by atoms with E-state index in [4.69, 9.17) is 17.3 Å². The Morgan fingerprint density at radius 2 is 1.95 bits per heavy atom. The van der Waals surface area contributed by atoms with Crippen molar-refractivity contribution in [1.82, 2.24) is 4.57 Å². The molecule has 0 saturated carbocycles. The van der Waals surface area contributed by atoms with Crippen LogP contribution in [0.1, 0.15) is 21.6 Å². The number of nitrogens with zero attached hydrogens (tertiary/aromatic N) is 1. The van der Waals surface area contributed by atoms with E-state index >= 15 is 0 Å². The average Bonchev–Trinajstić information content (AvgIpc) is 2.27. The highest BCUT2D eigenvalue weighted by Crippen LogP contribution is 2.16. The lowest BCUT2D eigenvalue weighted by Gasteiger charge is -2.13. The minimum Gasteiger partial charge on any atom is -0.365 e. The Balaban J connectivity index is 2.81. The van der Waals surface area contributed by atoms with E-state index in [-0.39, 0.29) is 5.56 Å². The molecule has 19 heavy (non-hydrogen) atoms. The minimum absolute atomic E-state index is 0.00516. The van der Waals surface area contributed by atoms with E-state index in [0.717, 1.165) is 5.69 Å². The third kappa shape index (κ3) is 2.39. The number of halogens is 1. The molecule has 0 fully saturated rings. The first kappa shape index (κ1) is 13.4. The van der Waals surface area contributed by atoms with Crippen molar-refractivity contribution < 1.29 is 4.79 Å². The minimum atomic E-state index is -0.724. The van der Waals surface area contributed by atoms with Crippen LogP contribution in [-0.2, 0) is 0 Å². The van der Waals surface area contributed by atoms with Crippen LogP contribution in [0, 0.1) is 13.8 Å². The van der Waals surface area contributed by atoms with Crippen LogP contribution in [0.15, 0.2) is 35.1 Å². The zero-order valence-electron chi connectivity index (χ0n) is 10.6. The molecule has 5 heteroatoms. The van der Waals surface area contributed by atoms with E-state index in [0.29, 0.717) is 16.3 Å². The van der Waals surface area contributed by atoms with Gasteiger partial charge in [0.1, 0.15) is 5.56 Å². The first-order valence-electron chi connectivity index (χ1n) is 5.71. The fraction of sp³-hybridized carbons (Fsp3) is 0.143. The van der Waals surface area contributed by atoms with E-state index in [1.54, 1.807) is 44.2 Å². The summed E-state index contributed by atoms with van der Waals surface area (Å²) < 4.78 is 1.43. The lowest BCUT2D eigenvalue weighted by molar-refractivity contribution is 0.0998. The van der Waals surface area contributed by atoms with Crippen LogP contribution in [0.2, 0.25) is 5.02 Å². The summed E-state index contributed by atoms with van der Waals surface area (Å²) in [6.07, 6.45) is 0. The van der Waals surface area contributed by atoms with Crippen molar-refractivity contribution in [2.75, 3.05) is 0 Å². The van der Waals surface area contributed by atoms with Gasteiger partial charge >= 0.3 is 0 Å². The van der Waals surface area contributed by atoms with Crippen LogP contribution in [0.25, 0.3) is 5.69 Å². The number of aryl methyl sites for hydroxylation is 2. The maximum absolute atomic E-state index is 12.4. The van der Waals surface area contributed by atoms with Gasteiger partial charge in [-0.25, -0.2) is 0 Å². The van der Waals surface area contributed by atoms with Crippen molar-refractivity contribution >= 4 is 17.5 Å². The molecule has 0 bridgehead atoms. The number of benzene rings is 1. The number of aromatic nitrogens is 1. The summed E-state index contributed by atoms with van der Waals surface area (Å²) in [7, 11) is 0. The second-order valence-electron chi connectivity index (χ2n) is 4.33. The first-order valence-corrected chi connectivity index (χ1v) is 6.08. The predicted molar refractivity (Wildman–Crippen MR) is 75.0 cm³/mol. The summed E-state index contributed by atoms with van der Waals surface area (Å²) in [5.41, 5.74) is 6.75. The SMILES string of the molecule is Cc1cc(C)n(-c2cccc(Cl)c2)c(=O)c1C(N)=O. The zero-order valence-corrected chi connectivity index (χ0v) is 11.4. The molecule has 2 rings (SSSR count). The number of primary amides is 1. The second-order valence-corrected chi connectivity index (χ2v) is 4.76. The first-order chi connectivity index (χ1) is 8.91. The quantitative estimate of drug-likeness (QED) is 0.914. The van der Waals surface area contributed by atoms with Crippen LogP contribution >= 0.6 is 11.6 Å². The fourth-order valence-corrected chi connectivity index (χ4v) is 2.31. The molecular weight excluding hydrogens is 264 g/mol. The highest BCUT2D eigenvalue weighted by atomic mass is 35.5. The number of pyridine rings is 1. The molecule has 0 saturated heterocycles. The molecule has 4 nitrogen and oxygen atoms in total. The number of hydrogen-bond donors (Lipinski definition) is 1. The van der Waals surface area contributed by atoms with Gasteiger partial charge in [0.05, 0.1) is 5.69 Å². The number of hydrogen-bond acceptors (Lipinski definition) is 2. The maximum atomic E-state index is 12.4. The van der Waals surface area contributed by atoms with Crippen LogP contribution in [-0.4, -0.2) is 10.5 Å². The normalized spacial score (nSPS) is 10.5. The second kappa shape index (κ2) is 4.90. The summed E-state index contributed by atoms with van der Waals surface area (Å²) in [5.74, 6) is -0.724. The van der Waals surface area contributed by atoms with Crippen molar-refractivity contribution in [3.63, 3.8) is 0 Å². The van der Waals surface area contributed by atoms with Gasteiger partial charge in [-0.3, -0.25) is 14.2 Å². The molecule has 1 aromatic carbocycles. The van der Waals surface area contributed by atoms with Gasteiger partial charge in [-0.2, -0.15) is 0 Å². The lowest BCUT2D eigenvalue weighted by atomic mass is 10.1. The fourth-order valence-electron chi connectivity index (χ4n) is 2.13. The van der Waals surface area contributed by atoms with Crippen LogP contribution in [0.3, 0.4) is 0 Å². The lowest BCUT2D eigenvalue weighted by Crippen LogP contribution is -2.31. The standard InChI is InChI=1S/C14H13ClN2O2/c1-8-6-9(2)17(14(19)12(8)13(16)18)11-5-3-4-10(15)7-11/h3-7H,1-2H3,(H2,16,18). The molecule has 1 amide bonds. The van der Waals surface area contributed by atoms with Gasteiger partial charge in [0.15, 0.2) is 0 Å². The number of carbonyl (C=O) groups excluding carboxylic acids is 1. The van der Waals surface area contributed by atoms with Crippen molar-refractivity contribution in [2.24, 2.45) is 5.73 Å². The molecule has 0 aliphatic heterocycles. The van der Waals surface area contributed by atoms with Gasteiger partial charge in [-0.1, -0.05) is 17.7 Å². The average molecular weight is 277 g/mol. The Morgan fingerprint density at radius 1 is 1.26 bits per heavy atom. The van der Waals surface area contributed by atoms with Crippen molar-refractivity contribution in [3.05, 3.63) is 62.5 Å². The molecule has 2 N–H and O–H groups in total. The molecule has 1 aromatic heterocycles. The van der Waals surface area contributed by atoms with Gasteiger partial charge < -0.3 is 5.73 Å². The third-order valence-corrected chi connectivity index (χ3v) is 3.14. The van der Waals surface area contributed by atoms with E-state index < -0.39 is 11.5 Å². The van der Waals surface area contributed by atoms with Gasteiger partial charge in [0.2, 0.25) is 0 Å². The molecule has 0 aliphatic rings. The van der Waals surface area contributed by atoms with Crippen molar-refractivity contribution in [1.29, 1.82) is 0 Å². The number of nitrogens with two attached hydrogens (primary N) is 1. The number of rotatable bonds is 2. The molecule has 2 aromatic rings. The van der Waals surface area contributed by atoms with Gasteiger partial charge in [0, 0.05) is 10.7 Å². The Morgan fingerprint density at radius 3 is 2.53 bits per heavy atom. The smallest absolute Gasteiger partial charge is 0.268 e. The summed E-state index contributed by atoms with van der Waals surface area (Å²) in [6.45, 7) is 3.48. The zero-order chi connectivity index (χ0) is 14.2. The van der Waals surface area contributed by atoms with Gasteiger partial charge in [-0.15, -0.1) is 0 Å². The van der Waals surface area contributed by atoms with Crippen molar-refractivity contribution in [3.8, 4) is 5.69 Å². The molecule has 0 unspecified atom stereocenters. The Kier molecular flexibility index (Phi) is 3.44. The van der Waals surface area contributed by atoms with Gasteiger partial charge in [0.25, 0.3) is 11.5 Å². The molecule has 1 heterocycles. The van der Waals surface area contributed by atoms with Crippen LogP contribution < -0.4 is 11.3 Å². The summed E-state index contributed by atoms with van der Waals surface area (Å²) in [6, 6.07) is 8.63. The van der Waals surface area contributed by atoms with E-state index in [1.807, 2.05) is 0 Å². The largest absolute Gasteiger partial charge is 0.365 e. The predicted octanol–water partition coefficient (Wildman–Crippen LogP) is 2.21. The topological polar surface area (TPSA) is 65.1 Å². The highest BCUT2D eigenvalue weighted by molar-refractivity contribution is 6.30. The van der Waals surface area contributed by atoms with E-state index in [2.05, 4.69) is 0 Å². The molecular formula is C14H13ClN2O2. The monoisotopic (exact) mass is 276 g/mol. The van der Waals surface area contributed by atoms with E-state index in [9.17, 15) is 9.59 Å². The molecule has 0 spiro atoms. The van der Waals surface area contributed by atoms with Crippen LogP contribution in [0.5, 0.6) is 0 Å². The summed E-state index contributed by atoms with van der Waals surface area (Å²) >= 11 is 5.93. The summed E-state index contributed by atoms with van der Waals surface area (Å²) in [5, 5.41) is 0.519. The summed E-state index contributed by atoms with van der Waals surface area (Å²) in [4.78, 5) is 23.8. The maximum Gasteiger partial charge on any atom is 0.268 e.